The summed E-state index contributed by atoms with van der Waals surface area (Å²) in [4.78, 5) is 0. The van der Waals surface area contributed by atoms with Gasteiger partial charge in [-0.15, -0.1) is 0 Å². The van der Waals surface area contributed by atoms with Gasteiger partial charge in [0, 0.05) is 0 Å². The molecule has 0 aromatic rings. The van der Waals surface area contributed by atoms with Gasteiger partial charge < -0.3 is 52.2 Å². The molecule has 0 aliphatic heterocycles. The minimum Gasteiger partial charge on any atom is -0.813 e. The van der Waals surface area contributed by atoms with Gasteiger partial charge in [-0.2, -0.15) is 10.5 Å². The van der Waals surface area contributed by atoms with Gasteiger partial charge >= 0.3 is 42.1 Å². The van der Waals surface area contributed by atoms with E-state index in [1.165, 1.54) is 0 Å². The molecule has 0 amide bonds. The van der Waals surface area contributed by atoms with E-state index in [1.807, 2.05) is 91.9 Å². The molecule has 0 nitrogen and oxygen atoms in total. The predicted molar refractivity (Wildman–Crippen MR) is 106 cm³/mol. The molecule has 0 aromatic carbocycles. The number of hydrogen-bond acceptors (Lipinski definition) is 4. The Morgan fingerprint density at radius 2 is 0.545 bits per heavy atom. The first-order valence-corrected chi connectivity index (χ1v) is 7.06. The number of thiol groups is 2. The van der Waals surface area contributed by atoms with E-state index in [0.717, 1.165) is 0 Å². The van der Waals surface area contributed by atoms with Crippen LogP contribution in [-0.2, 0) is 94.4 Å². The van der Waals surface area contributed by atoms with E-state index in [0.29, 0.717) is 10.5 Å². The summed E-state index contributed by atoms with van der Waals surface area (Å²) in [7, 11) is 0. The van der Waals surface area contributed by atoms with Crippen LogP contribution in [0.5, 0.6) is 0 Å². The van der Waals surface area contributed by atoms with Crippen LogP contribution in [0.1, 0.15) is 27.7 Å². The second-order valence-electron chi connectivity index (χ2n) is 4.02. The molecule has 2 saturated carbocycles. The van der Waals surface area contributed by atoms with Gasteiger partial charge in [-0.05, 0) is 64.2 Å². The van der Waals surface area contributed by atoms with Crippen LogP contribution >= 0.6 is 0 Å². The van der Waals surface area contributed by atoms with Crippen LogP contribution in [0.3, 0.4) is 0 Å². The van der Waals surface area contributed by atoms with Crippen molar-refractivity contribution < 1.29 is 42.1 Å². The summed E-state index contributed by atoms with van der Waals surface area (Å²) in [5.41, 5.74) is 0. The van der Waals surface area contributed by atoms with Crippen molar-refractivity contribution in [3.05, 3.63) is 64.2 Å². The summed E-state index contributed by atoms with van der Waals surface area (Å²) in [6.45, 7) is 7.93. The fraction of sp³-hybridized carbons (Fsp3) is 0.375. The van der Waals surface area contributed by atoms with Crippen LogP contribution in [0.25, 0.3) is 0 Å². The first-order chi connectivity index (χ1) is 8.46. The first-order valence-electron chi connectivity index (χ1n) is 6.11. The third-order valence-corrected chi connectivity index (χ3v) is 1.11. The standard InChI is InChI=1S/2C5H5.2C3H8S.2Mo.2H2S/c2*1-2-4-5-3-1;2*1-3(2)4;;;;/h2*1-5H;2*3-4H,1-2H3;;;2*1H2/q;;;;+2;+4;;/p-4. The summed E-state index contributed by atoms with van der Waals surface area (Å²) >= 11 is 9.24. The van der Waals surface area contributed by atoms with Crippen molar-refractivity contribution in [3.63, 3.8) is 0 Å². The molecule has 2 aliphatic carbocycles. The predicted octanol–water partition coefficient (Wildman–Crippen LogP) is 3.38. The smallest absolute Gasteiger partial charge is 0.813 e. The van der Waals surface area contributed by atoms with Crippen LogP contribution in [0.4, 0.5) is 0 Å². The van der Waals surface area contributed by atoms with Gasteiger partial charge in [0.15, 0.2) is 0 Å². The summed E-state index contributed by atoms with van der Waals surface area (Å²) < 4.78 is 0. The van der Waals surface area contributed by atoms with Crippen LogP contribution in [0, 0.1) is 64.2 Å². The van der Waals surface area contributed by atoms with Crippen LogP contribution in [-0.4, -0.2) is 10.5 Å². The summed E-state index contributed by atoms with van der Waals surface area (Å²) in [5, 5.41) is 0.833. The van der Waals surface area contributed by atoms with Crippen molar-refractivity contribution in [2.45, 2.75) is 38.2 Å². The molecule has 0 saturated heterocycles. The van der Waals surface area contributed by atoms with Gasteiger partial charge in [0.05, 0.1) is 0 Å². The quantitative estimate of drug-likeness (QED) is 0.264. The molecular weight excluding hydrogens is 512 g/mol. The van der Waals surface area contributed by atoms with E-state index in [4.69, 9.17) is 0 Å². The molecule has 0 unspecified atom stereocenters. The van der Waals surface area contributed by atoms with Gasteiger partial charge in [0.25, 0.3) is 0 Å². The average Bonchev–Trinajstić information content (AvgIpc) is 2.96. The van der Waals surface area contributed by atoms with E-state index in [1.54, 1.807) is 0 Å². The Kier molecular flexibility index (Phi) is 63.2. The molecule has 0 spiro atoms. The number of hydrogen-bond donors (Lipinski definition) is 0. The van der Waals surface area contributed by atoms with Crippen molar-refractivity contribution in [2.75, 3.05) is 0 Å². The van der Waals surface area contributed by atoms with E-state index in [9.17, 15) is 0 Å². The van der Waals surface area contributed by atoms with Crippen molar-refractivity contribution in [1.29, 1.82) is 0 Å². The monoisotopic (exact) mass is 542 g/mol. The third-order valence-electron chi connectivity index (χ3n) is 1.11. The Balaban J connectivity index is -0.0000000369. The topological polar surface area (TPSA) is 0 Å². The summed E-state index contributed by atoms with van der Waals surface area (Å²) in [6.07, 6.45) is 20.0. The van der Waals surface area contributed by atoms with Crippen molar-refractivity contribution >= 4 is 52.2 Å². The molecule has 0 N–H and O–H groups in total. The average molecular weight is 539 g/mol. The zero-order valence-corrected chi connectivity index (χ0v) is 20.9. The largest absolute Gasteiger partial charge is 4.00 e. The van der Waals surface area contributed by atoms with Crippen molar-refractivity contribution in [2.24, 2.45) is 0 Å². The Bertz CT molecular complexity index is 103. The molecular formula is C16H26Mo2S4+2. The Hall–Kier alpha value is 2.78. The fourth-order valence-electron chi connectivity index (χ4n) is 0.642. The van der Waals surface area contributed by atoms with Gasteiger partial charge in [0.2, 0.25) is 0 Å². The Morgan fingerprint density at radius 3 is 0.591 bits per heavy atom. The molecule has 0 aromatic heterocycles. The maximum Gasteiger partial charge on any atom is 4.00 e. The molecule has 22 heavy (non-hydrogen) atoms. The second kappa shape index (κ2) is 35.0. The zero-order valence-electron chi connectivity index (χ0n) is 13.5. The molecule has 0 atom stereocenters. The van der Waals surface area contributed by atoms with E-state index >= 15 is 0 Å². The molecule has 2 aliphatic rings. The fourth-order valence-corrected chi connectivity index (χ4v) is 0.642. The summed E-state index contributed by atoms with van der Waals surface area (Å²) in [5.74, 6) is 0. The molecule has 124 valence electrons. The van der Waals surface area contributed by atoms with Crippen molar-refractivity contribution in [1.82, 2.24) is 0 Å². The Morgan fingerprint density at radius 1 is 0.500 bits per heavy atom. The molecule has 0 heterocycles. The minimum atomic E-state index is 0. The minimum absolute atomic E-state index is 0. The number of rotatable bonds is 0. The molecule has 6 heteroatoms. The van der Waals surface area contributed by atoms with Crippen molar-refractivity contribution in [3.8, 4) is 0 Å². The van der Waals surface area contributed by atoms with E-state index < -0.39 is 0 Å². The maximum absolute atomic E-state index is 4.62. The molecule has 2 rings (SSSR count). The molecule has 2 fully saturated rings. The summed E-state index contributed by atoms with van der Waals surface area (Å²) in [6, 6.07) is 0. The second-order valence-corrected chi connectivity index (χ2v) is 5.91. The van der Waals surface area contributed by atoms with Gasteiger partial charge in [0.1, 0.15) is 0 Å². The van der Waals surface area contributed by atoms with Gasteiger partial charge in [-0.3, -0.25) is 0 Å². The van der Waals surface area contributed by atoms with Crippen LogP contribution < -0.4 is 0 Å². The van der Waals surface area contributed by atoms with E-state index in [2.05, 4.69) is 25.3 Å². The Labute approximate surface area is 195 Å². The molecule has 0 bridgehead atoms. The van der Waals surface area contributed by atoms with Crippen LogP contribution in [0.15, 0.2) is 0 Å². The van der Waals surface area contributed by atoms with Gasteiger partial charge in [-0.1, -0.05) is 27.7 Å². The van der Waals surface area contributed by atoms with Crippen LogP contribution in [0.2, 0.25) is 0 Å². The SMILES string of the molecule is CC(C)[S-].CC(C)[S-].[CH]1[CH][CH][CH][CH]1.[CH]1[CH][CH][CH][CH]1.[Mo+2].[Mo+4].[SH-].[SH-]. The third kappa shape index (κ3) is 66.2. The maximum atomic E-state index is 4.62. The zero-order chi connectivity index (χ0) is 14.2. The first kappa shape index (κ1) is 39.7. The van der Waals surface area contributed by atoms with E-state index in [-0.39, 0.29) is 69.1 Å². The normalized spacial score (nSPS) is 14.2. The molecule has 10 radical (unpaired) electrons. The van der Waals surface area contributed by atoms with Gasteiger partial charge in [-0.25, -0.2) is 0 Å².